The Bertz CT molecular complexity index is 677. The lowest BCUT2D eigenvalue weighted by Gasteiger charge is -2.35. The Balaban J connectivity index is 1.49. The van der Waals surface area contributed by atoms with Crippen LogP contribution in [0.25, 0.3) is 5.70 Å². The summed E-state index contributed by atoms with van der Waals surface area (Å²) in [5.41, 5.74) is 2.28. The number of carbonyl (C=O) groups is 2. The summed E-state index contributed by atoms with van der Waals surface area (Å²) >= 11 is 5.73. The van der Waals surface area contributed by atoms with Gasteiger partial charge < -0.3 is 15.0 Å². The second-order valence-electron chi connectivity index (χ2n) is 7.85. The van der Waals surface area contributed by atoms with Crippen LogP contribution in [-0.2, 0) is 14.3 Å². The van der Waals surface area contributed by atoms with E-state index < -0.39 is 0 Å². The van der Waals surface area contributed by atoms with Crippen molar-refractivity contribution < 1.29 is 14.3 Å². The molecule has 7 heteroatoms. The first-order valence-corrected chi connectivity index (χ1v) is 13.0. The van der Waals surface area contributed by atoms with Crippen molar-refractivity contribution in [2.24, 2.45) is 5.92 Å². The maximum absolute atomic E-state index is 12.0. The molecule has 1 aromatic rings. The molecule has 0 spiro atoms. The van der Waals surface area contributed by atoms with Crippen molar-refractivity contribution in [2.45, 2.75) is 44.9 Å². The number of esters is 1. The Kier molecular flexibility index (Phi) is 12.6. The Morgan fingerprint density at radius 3 is 2.61 bits per heavy atom. The molecule has 1 fully saturated rings. The Labute approximate surface area is 196 Å². The quantitative estimate of drug-likeness (QED) is 0.182. The van der Waals surface area contributed by atoms with E-state index in [1.54, 1.807) is 11.8 Å². The lowest BCUT2D eigenvalue weighted by atomic mass is 9.93. The molecule has 0 atom stereocenters. The Morgan fingerprint density at radius 2 is 1.90 bits per heavy atom. The number of nitrogens with zero attached hydrogens (tertiary/aromatic N) is 1. The number of hydrogen-bond donors (Lipinski definition) is 2. The van der Waals surface area contributed by atoms with E-state index in [-0.39, 0.29) is 11.9 Å². The number of thioether (sulfide) groups is 1. The molecule has 172 valence electrons. The highest BCUT2D eigenvalue weighted by atomic mass is 32.2. The van der Waals surface area contributed by atoms with Crippen LogP contribution in [0.1, 0.15) is 50.5 Å². The number of amides is 1. The average Bonchev–Trinajstić information content (AvgIpc) is 2.79. The van der Waals surface area contributed by atoms with E-state index in [0.717, 1.165) is 56.0 Å². The summed E-state index contributed by atoms with van der Waals surface area (Å²) in [4.78, 5) is 26.0. The van der Waals surface area contributed by atoms with Crippen LogP contribution in [0, 0.1) is 5.92 Å². The predicted octanol–water partition coefficient (Wildman–Crippen LogP) is 4.60. The molecule has 5 nitrogen and oxygen atoms in total. The molecule has 1 heterocycles. The molecule has 2 rings (SSSR count). The van der Waals surface area contributed by atoms with Crippen LogP contribution in [0.15, 0.2) is 36.9 Å². The van der Waals surface area contributed by atoms with Crippen LogP contribution in [0.4, 0.5) is 0 Å². The normalized spacial score (nSPS) is 14.3. The zero-order valence-corrected chi connectivity index (χ0v) is 20.1. The zero-order valence-electron chi connectivity index (χ0n) is 18.4. The molecule has 1 aliphatic heterocycles. The van der Waals surface area contributed by atoms with Gasteiger partial charge in [0.2, 0.25) is 5.91 Å². The third-order valence-corrected chi connectivity index (χ3v) is 6.69. The first kappa shape index (κ1) is 25.7. The maximum atomic E-state index is 12.0. The number of likely N-dealkylation sites (tertiary alicyclic amines) is 1. The summed E-state index contributed by atoms with van der Waals surface area (Å²) < 4.78 is 5.14. The number of piperidine rings is 1. The minimum atomic E-state index is -0.227. The number of thiol groups is 1. The van der Waals surface area contributed by atoms with Gasteiger partial charge in [-0.05, 0) is 55.1 Å². The fourth-order valence-electron chi connectivity index (χ4n) is 3.61. The van der Waals surface area contributed by atoms with Crippen LogP contribution in [0.3, 0.4) is 0 Å². The average molecular weight is 465 g/mol. The third kappa shape index (κ3) is 10.5. The van der Waals surface area contributed by atoms with Crippen LogP contribution in [0.5, 0.6) is 0 Å². The first-order valence-electron chi connectivity index (χ1n) is 11.2. The predicted molar refractivity (Wildman–Crippen MR) is 133 cm³/mol. The van der Waals surface area contributed by atoms with Gasteiger partial charge in [-0.3, -0.25) is 9.59 Å². The molecule has 0 unspecified atom stereocenters. The van der Waals surface area contributed by atoms with E-state index in [9.17, 15) is 9.59 Å². The van der Waals surface area contributed by atoms with Gasteiger partial charge in [0, 0.05) is 38.2 Å². The zero-order chi connectivity index (χ0) is 22.3. The van der Waals surface area contributed by atoms with Crippen molar-refractivity contribution in [3.63, 3.8) is 0 Å². The number of benzene rings is 1. The van der Waals surface area contributed by atoms with Gasteiger partial charge >= 0.3 is 5.97 Å². The van der Waals surface area contributed by atoms with Gasteiger partial charge in [-0.15, -0.1) is 11.8 Å². The van der Waals surface area contributed by atoms with Crippen molar-refractivity contribution >= 4 is 42.0 Å². The van der Waals surface area contributed by atoms with Crippen molar-refractivity contribution in [3.8, 4) is 0 Å². The van der Waals surface area contributed by atoms with Gasteiger partial charge in [0.1, 0.15) is 5.94 Å². The SMILES string of the molecule is C=C(c1ccccc1)N1CCC(CCNC(=O)CCCC(=O)OCSCCCS)CC1. The molecule has 1 amide bonds. The standard InChI is InChI=1S/C24H36N2O3S2/c1-20(22-7-3-2-4-8-22)26-15-12-21(13-16-26)11-14-25-23(27)9-5-10-24(28)29-19-31-18-6-17-30/h2-4,7-8,21,30H,1,5-6,9-19H2,(H,25,27). The molecule has 0 aromatic heterocycles. The largest absolute Gasteiger partial charge is 0.455 e. The maximum Gasteiger partial charge on any atom is 0.306 e. The summed E-state index contributed by atoms with van der Waals surface area (Å²) in [6, 6.07) is 10.3. The van der Waals surface area contributed by atoms with Gasteiger partial charge in [-0.2, -0.15) is 12.6 Å². The van der Waals surface area contributed by atoms with E-state index in [2.05, 4.69) is 41.6 Å². The van der Waals surface area contributed by atoms with Gasteiger partial charge in [-0.1, -0.05) is 36.9 Å². The van der Waals surface area contributed by atoms with Crippen LogP contribution in [0.2, 0.25) is 0 Å². The van der Waals surface area contributed by atoms with Gasteiger partial charge in [-0.25, -0.2) is 0 Å². The highest BCUT2D eigenvalue weighted by molar-refractivity contribution is 7.99. The lowest BCUT2D eigenvalue weighted by molar-refractivity contribution is -0.141. The summed E-state index contributed by atoms with van der Waals surface area (Å²) in [6.45, 7) is 6.99. The topological polar surface area (TPSA) is 58.6 Å². The van der Waals surface area contributed by atoms with E-state index in [1.807, 2.05) is 18.2 Å². The number of carbonyl (C=O) groups excluding carboxylic acids is 2. The second kappa shape index (κ2) is 15.2. The molecule has 31 heavy (non-hydrogen) atoms. The minimum Gasteiger partial charge on any atom is -0.455 e. The van der Waals surface area contributed by atoms with Gasteiger partial charge in [0.15, 0.2) is 0 Å². The second-order valence-corrected chi connectivity index (χ2v) is 9.35. The molecule has 0 aliphatic carbocycles. The fourth-order valence-corrected chi connectivity index (χ4v) is 4.66. The van der Waals surface area contributed by atoms with Gasteiger partial charge in [0.05, 0.1) is 0 Å². The Hall–Kier alpha value is -1.60. The summed E-state index contributed by atoms with van der Waals surface area (Å²) in [7, 11) is 0. The third-order valence-electron chi connectivity index (χ3n) is 5.51. The molecule has 0 saturated carbocycles. The molecule has 1 aromatic carbocycles. The smallest absolute Gasteiger partial charge is 0.306 e. The monoisotopic (exact) mass is 464 g/mol. The number of hydrogen-bond acceptors (Lipinski definition) is 6. The highest BCUT2D eigenvalue weighted by Gasteiger charge is 2.20. The van der Waals surface area contributed by atoms with E-state index in [1.165, 1.54) is 5.56 Å². The van der Waals surface area contributed by atoms with Crippen molar-refractivity contribution in [1.82, 2.24) is 10.2 Å². The van der Waals surface area contributed by atoms with E-state index in [0.29, 0.717) is 37.7 Å². The van der Waals surface area contributed by atoms with E-state index >= 15 is 0 Å². The minimum absolute atomic E-state index is 0.0193. The number of rotatable bonds is 14. The van der Waals surface area contributed by atoms with Crippen LogP contribution < -0.4 is 5.32 Å². The molecular weight excluding hydrogens is 428 g/mol. The summed E-state index contributed by atoms with van der Waals surface area (Å²) in [5.74, 6) is 2.60. The summed E-state index contributed by atoms with van der Waals surface area (Å²) in [6.07, 6.45) is 5.46. The van der Waals surface area contributed by atoms with Crippen molar-refractivity contribution in [3.05, 3.63) is 42.5 Å². The molecule has 0 radical (unpaired) electrons. The molecule has 1 N–H and O–H groups in total. The van der Waals surface area contributed by atoms with E-state index in [4.69, 9.17) is 4.74 Å². The fraction of sp³-hybridized carbons (Fsp3) is 0.583. The van der Waals surface area contributed by atoms with Crippen molar-refractivity contribution in [1.29, 1.82) is 0 Å². The molecule has 1 aliphatic rings. The van der Waals surface area contributed by atoms with Gasteiger partial charge in [0.25, 0.3) is 0 Å². The van der Waals surface area contributed by atoms with Crippen LogP contribution >= 0.6 is 24.4 Å². The number of ether oxygens (including phenoxy) is 1. The number of nitrogens with one attached hydrogen (secondary N) is 1. The van der Waals surface area contributed by atoms with Crippen molar-refractivity contribution in [2.75, 3.05) is 37.1 Å². The molecular formula is C24H36N2O3S2. The summed E-state index contributed by atoms with van der Waals surface area (Å²) in [5, 5.41) is 3.00. The first-order chi connectivity index (χ1) is 15.1. The molecule has 1 saturated heterocycles. The highest BCUT2D eigenvalue weighted by Crippen LogP contribution is 2.26. The molecule has 0 bridgehead atoms. The van der Waals surface area contributed by atoms with Crippen LogP contribution in [-0.4, -0.2) is 53.9 Å². The Morgan fingerprint density at radius 1 is 1.16 bits per heavy atom. The lowest BCUT2D eigenvalue weighted by Crippen LogP contribution is -2.34.